The van der Waals surface area contributed by atoms with E-state index in [2.05, 4.69) is 30.2 Å². The molecule has 2 aromatic heterocycles. The van der Waals surface area contributed by atoms with Gasteiger partial charge in [-0.2, -0.15) is 0 Å². The maximum Gasteiger partial charge on any atom is 0.173 e. The number of aryl methyl sites for hydroxylation is 1. The minimum atomic E-state index is -1.46. The summed E-state index contributed by atoms with van der Waals surface area (Å²) in [6.45, 7) is 6.87. The van der Waals surface area contributed by atoms with Crippen molar-refractivity contribution in [2.24, 2.45) is 0 Å². The van der Waals surface area contributed by atoms with Gasteiger partial charge in [0.2, 0.25) is 0 Å². The Bertz CT molecular complexity index is 1160. The van der Waals surface area contributed by atoms with Crippen LogP contribution in [0.2, 0.25) is 0 Å². The fourth-order valence-electron chi connectivity index (χ4n) is 4.29. The van der Waals surface area contributed by atoms with E-state index in [4.69, 9.17) is 13.9 Å². The van der Waals surface area contributed by atoms with Crippen LogP contribution in [-0.2, 0) is 18.7 Å². The monoisotopic (exact) mass is 491 g/mol. The first-order valence-electron chi connectivity index (χ1n) is 11.8. The van der Waals surface area contributed by atoms with Gasteiger partial charge in [0.25, 0.3) is 0 Å². The van der Waals surface area contributed by atoms with Crippen LogP contribution < -0.4 is 9.47 Å². The topological polar surface area (TPSA) is 55.1 Å². The van der Waals surface area contributed by atoms with Crippen LogP contribution >= 0.6 is 11.3 Å². The van der Waals surface area contributed by atoms with Crippen LogP contribution in [0, 0.1) is 6.92 Å². The molecule has 4 aromatic rings. The Balaban J connectivity index is 1.67. The summed E-state index contributed by atoms with van der Waals surface area (Å²) >= 11 is 1.79. The molecule has 0 aliphatic rings. The summed E-state index contributed by atoms with van der Waals surface area (Å²) in [6.07, 6.45) is 1.06. The normalized spacial score (nSPS) is 11.7. The Labute approximate surface area is 211 Å². The fraction of sp³-hybridized carbons (Fsp3) is 0.310. The zero-order valence-electron chi connectivity index (χ0n) is 20.8. The van der Waals surface area contributed by atoms with Crippen molar-refractivity contribution in [3.8, 4) is 11.5 Å². The number of hydrogen-bond acceptors (Lipinski definition) is 6. The molecule has 0 aliphatic carbocycles. The third kappa shape index (κ3) is 5.45. The van der Waals surface area contributed by atoms with Crippen LogP contribution in [-0.4, -0.2) is 30.8 Å². The summed E-state index contributed by atoms with van der Waals surface area (Å²) < 4.78 is 17.0. The van der Waals surface area contributed by atoms with Crippen molar-refractivity contribution in [3.63, 3.8) is 0 Å². The number of furan rings is 1. The number of nitrogens with zero attached hydrogens (tertiary/aromatic N) is 1. The van der Waals surface area contributed by atoms with Gasteiger partial charge in [0.05, 0.1) is 20.8 Å². The van der Waals surface area contributed by atoms with Crippen molar-refractivity contribution in [2.75, 3.05) is 20.8 Å². The van der Waals surface area contributed by atoms with Crippen molar-refractivity contribution in [2.45, 2.75) is 39.0 Å². The molecular formula is C29H33NO4S. The minimum Gasteiger partial charge on any atom is -0.497 e. The molecule has 6 heteroatoms. The second-order valence-electron chi connectivity index (χ2n) is 8.67. The van der Waals surface area contributed by atoms with Gasteiger partial charge in [-0.05, 0) is 84.4 Å². The molecule has 0 bridgehead atoms. The molecule has 184 valence electrons. The first kappa shape index (κ1) is 25.0. The third-order valence-corrected chi connectivity index (χ3v) is 7.30. The van der Waals surface area contributed by atoms with Crippen molar-refractivity contribution >= 4 is 11.3 Å². The molecular weight excluding hydrogens is 458 g/mol. The molecule has 1 N–H and O–H groups in total. The van der Waals surface area contributed by atoms with Gasteiger partial charge in [0.1, 0.15) is 23.0 Å². The average molecular weight is 492 g/mol. The number of hydrogen-bond donors (Lipinski definition) is 1. The van der Waals surface area contributed by atoms with Gasteiger partial charge in [0, 0.05) is 11.4 Å². The summed E-state index contributed by atoms with van der Waals surface area (Å²) in [4.78, 5) is 3.76. The summed E-state index contributed by atoms with van der Waals surface area (Å²) in [5.41, 5.74) is 1.26. The van der Waals surface area contributed by atoms with Crippen molar-refractivity contribution in [1.82, 2.24) is 4.90 Å². The zero-order chi connectivity index (χ0) is 24.8. The largest absolute Gasteiger partial charge is 0.497 e. The van der Waals surface area contributed by atoms with Crippen molar-refractivity contribution < 1.29 is 19.0 Å². The third-order valence-electron chi connectivity index (χ3n) is 6.29. The first-order chi connectivity index (χ1) is 17.0. The highest BCUT2D eigenvalue weighted by molar-refractivity contribution is 7.10. The second kappa shape index (κ2) is 11.1. The van der Waals surface area contributed by atoms with Crippen LogP contribution in [0.1, 0.15) is 46.4 Å². The average Bonchev–Trinajstić information content (AvgIpc) is 3.53. The molecule has 5 nitrogen and oxygen atoms in total. The maximum atomic E-state index is 12.2. The molecule has 0 spiro atoms. The number of methoxy groups -OCH3 is 2. The van der Waals surface area contributed by atoms with E-state index in [0.717, 1.165) is 36.8 Å². The number of rotatable bonds is 11. The van der Waals surface area contributed by atoms with Gasteiger partial charge in [-0.3, -0.25) is 4.90 Å². The quantitative estimate of drug-likeness (QED) is 0.264. The van der Waals surface area contributed by atoms with Crippen LogP contribution in [0.15, 0.2) is 76.5 Å². The maximum absolute atomic E-state index is 12.2. The van der Waals surface area contributed by atoms with E-state index in [1.807, 2.05) is 60.7 Å². The van der Waals surface area contributed by atoms with Crippen LogP contribution in [0.5, 0.6) is 11.5 Å². The van der Waals surface area contributed by atoms with Crippen molar-refractivity contribution in [3.05, 3.63) is 105 Å². The Morgan fingerprint density at radius 1 is 0.857 bits per heavy atom. The first-order valence-corrected chi connectivity index (χ1v) is 12.7. The molecule has 4 rings (SSSR count). The lowest BCUT2D eigenvalue weighted by atomic mass is 9.84. The Morgan fingerprint density at radius 2 is 1.46 bits per heavy atom. The molecule has 0 fully saturated rings. The lowest BCUT2D eigenvalue weighted by Crippen LogP contribution is -2.28. The second-order valence-corrected chi connectivity index (χ2v) is 9.67. The zero-order valence-corrected chi connectivity index (χ0v) is 21.6. The van der Waals surface area contributed by atoms with Crippen LogP contribution in [0.25, 0.3) is 0 Å². The smallest absolute Gasteiger partial charge is 0.173 e. The number of ether oxygens (including phenoxy) is 2. The van der Waals surface area contributed by atoms with E-state index >= 15 is 0 Å². The van der Waals surface area contributed by atoms with E-state index in [1.54, 1.807) is 25.6 Å². The van der Waals surface area contributed by atoms with Gasteiger partial charge in [0.15, 0.2) is 5.60 Å². The standard InChI is InChI=1S/C29H33NO4S/c1-5-17-30(20-27-21(2)16-18-35-27)19-26-14-15-28(34-26)29(31,22-6-10-24(32-3)11-7-22)23-8-12-25(33-4)13-9-23/h6-16,18,31H,5,17,19-20H2,1-4H3. The fourth-order valence-corrected chi connectivity index (χ4v) is 5.24. The number of aliphatic hydroxyl groups is 1. The predicted molar refractivity (Wildman–Crippen MR) is 140 cm³/mol. The molecule has 0 atom stereocenters. The summed E-state index contributed by atoms with van der Waals surface area (Å²) in [5, 5.41) is 14.3. The molecule has 35 heavy (non-hydrogen) atoms. The molecule has 2 aromatic carbocycles. The molecule has 0 saturated heterocycles. The van der Waals surface area contributed by atoms with E-state index in [1.165, 1.54) is 10.4 Å². The minimum absolute atomic E-state index is 0.478. The lowest BCUT2D eigenvalue weighted by Gasteiger charge is -2.28. The summed E-state index contributed by atoms with van der Waals surface area (Å²) in [5.74, 6) is 2.75. The molecule has 0 unspecified atom stereocenters. The highest BCUT2D eigenvalue weighted by Gasteiger charge is 2.37. The Morgan fingerprint density at radius 3 is 1.94 bits per heavy atom. The van der Waals surface area contributed by atoms with Crippen LogP contribution in [0.4, 0.5) is 0 Å². The molecule has 0 amide bonds. The number of thiophene rings is 1. The predicted octanol–water partition coefficient (Wildman–Crippen LogP) is 6.36. The lowest BCUT2D eigenvalue weighted by molar-refractivity contribution is 0.0951. The van der Waals surface area contributed by atoms with Gasteiger partial charge in [-0.1, -0.05) is 31.2 Å². The molecule has 0 aliphatic heterocycles. The molecule has 0 radical (unpaired) electrons. The van der Waals surface area contributed by atoms with Crippen LogP contribution in [0.3, 0.4) is 0 Å². The highest BCUT2D eigenvalue weighted by Crippen LogP contribution is 2.39. The van der Waals surface area contributed by atoms with E-state index in [0.29, 0.717) is 23.4 Å². The molecule has 0 saturated carbocycles. The Kier molecular flexibility index (Phi) is 7.96. The summed E-state index contributed by atoms with van der Waals surface area (Å²) in [7, 11) is 3.26. The van der Waals surface area contributed by atoms with E-state index in [9.17, 15) is 5.11 Å². The van der Waals surface area contributed by atoms with E-state index in [-0.39, 0.29) is 0 Å². The SMILES string of the molecule is CCCN(Cc1ccc(C(O)(c2ccc(OC)cc2)c2ccc(OC)cc2)o1)Cc1sccc1C. The van der Waals surface area contributed by atoms with Crippen molar-refractivity contribution in [1.29, 1.82) is 0 Å². The Hall–Kier alpha value is -3.06. The van der Waals surface area contributed by atoms with Gasteiger partial charge < -0.3 is 19.0 Å². The molecule has 2 heterocycles. The van der Waals surface area contributed by atoms with Gasteiger partial charge in [-0.25, -0.2) is 0 Å². The highest BCUT2D eigenvalue weighted by atomic mass is 32.1. The van der Waals surface area contributed by atoms with Gasteiger partial charge >= 0.3 is 0 Å². The van der Waals surface area contributed by atoms with E-state index < -0.39 is 5.60 Å². The summed E-state index contributed by atoms with van der Waals surface area (Å²) in [6, 6.07) is 20.9. The number of benzene rings is 2. The van der Waals surface area contributed by atoms with Gasteiger partial charge in [-0.15, -0.1) is 11.3 Å².